The van der Waals surface area contributed by atoms with E-state index >= 15 is 0 Å². The number of pyridine rings is 2. The maximum atomic E-state index is 9.03. The third kappa shape index (κ3) is 2.52. The first-order valence-electron chi connectivity index (χ1n) is 8.51. The third-order valence-electron chi connectivity index (χ3n) is 4.68. The van der Waals surface area contributed by atoms with Crippen LogP contribution in [0.25, 0.3) is 44.2 Å². The second-order valence-electron chi connectivity index (χ2n) is 6.28. The Morgan fingerprint density at radius 1 is 0.889 bits per heavy atom. The second-order valence-corrected chi connectivity index (χ2v) is 6.28. The summed E-state index contributed by atoms with van der Waals surface area (Å²) in [5, 5.41) is 18.7. The average Bonchev–Trinajstić information content (AvgIpc) is 3.19. The molecule has 0 radical (unpaired) electrons. The SMILES string of the molecule is N#Cc1ccc(-c2n[nH]c3cnc4ccc(-c5cccnc5)cc4c23)cc1. The zero-order chi connectivity index (χ0) is 18.2. The Hall–Kier alpha value is -4.04. The number of benzene rings is 2. The molecule has 5 rings (SSSR count). The van der Waals surface area contributed by atoms with Crippen molar-refractivity contribution in [2.75, 3.05) is 0 Å². The van der Waals surface area contributed by atoms with Gasteiger partial charge in [-0.3, -0.25) is 15.1 Å². The van der Waals surface area contributed by atoms with Gasteiger partial charge in [-0.2, -0.15) is 10.4 Å². The smallest absolute Gasteiger partial charge is 0.101 e. The van der Waals surface area contributed by atoms with Gasteiger partial charge in [0.25, 0.3) is 0 Å². The summed E-state index contributed by atoms with van der Waals surface area (Å²) in [5.41, 5.74) is 6.36. The van der Waals surface area contributed by atoms with E-state index in [2.05, 4.69) is 38.4 Å². The van der Waals surface area contributed by atoms with Crippen LogP contribution in [0.4, 0.5) is 0 Å². The summed E-state index contributed by atoms with van der Waals surface area (Å²) in [4.78, 5) is 8.76. The van der Waals surface area contributed by atoms with Gasteiger partial charge in [-0.25, -0.2) is 0 Å². The van der Waals surface area contributed by atoms with Crippen molar-refractivity contribution in [1.29, 1.82) is 5.26 Å². The van der Waals surface area contributed by atoms with Crippen molar-refractivity contribution in [2.24, 2.45) is 0 Å². The van der Waals surface area contributed by atoms with Gasteiger partial charge in [0.05, 0.1) is 28.9 Å². The van der Waals surface area contributed by atoms with Crippen molar-refractivity contribution >= 4 is 21.8 Å². The van der Waals surface area contributed by atoms with Gasteiger partial charge in [0.2, 0.25) is 0 Å². The van der Waals surface area contributed by atoms with Gasteiger partial charge in [-0.15, -0.1) is 0 Å². The van der Waals surface area contributed by atoms with E-state index in [4.69, 9.17) is 5.26 Å². The van der Waals surface area contributed by atoms with Crippen molar-refractivity contribution in [1.82, 2.24) is 20.2 Å². The largest absolute Gasteiger partial charge is 0.276 e. The molecule has 0 aliphatic carbocycles. The predicted octanol–water partition coefficient (Wildman–Crippen LogP) is 4.71. The Kier molecular flexibility index (Phi) is 3.41. The molecule has 0 bridgehead atoms. The van der Waals surface area contributed by atoms with Gasteiger partial charge >= 0.3 is 0 Å². The predicted molar refractivity (Wildman–Crippen MR) is 105 cm³/mol. The van der Waals surface area contributed by atoms with Crippen molar-refractivity contribution in [3.05, 3.63) is 78.8 Å². The first-order valence-corrected chi connectivity index (χ1v) is 8.51. The van der Waals surface area contributed by atoms with Gasteiger partial charge in [0.15, 0.2) is 0 Å². The fraction of sp³-hybridized carbons (Fsp3) is 0. The number of nitriles is 1. The lowest BCUT2D eigenvalue weighted by molar-refractivity contribution is 1.12. The zero-order valence-electron chi connectivity index (χ0n) is 14.2. The van der Waals surface area contributed by atoms with E-state index < -0.39 is 0 Å². The number of hydrogen-bond acceptors (Lipinski definition) is 4. The lowest BCUT2D eigenvalue weighted by Gasteiger charge is -2.06. The molecule has 0 aliphatic rings. The van der Waals surface area contributed by atoms with Crippen molar-refractivity contribution in [3.8, 4) is 28.5 Å². The molecule has 0 spiro atoms. The number of aromatic amines is 1. The molecule has 5 aromatic rings. The Morgan fingerprint density at radius 3 is 2.52 bits per heavy atom. The standard InChI is InChI=1S/C22H13N5/c23-11-14-3-5-15(6-4-14)22-21-18-10-16(17-2-1-9-24-12-17)7-8-19(18)25-13-20(21)26-27-22/h1-10,12-13H,(H,26,27). The van der Waals surface area contributed by atoms with E-state index in [1.54, 1.807) is 18.3 Å². The maximum absolute atomic E-state index is 9.03. The highest BCUT2D eigenvalue weighted by Gasteiger charge is 2.13. The summed E-state index contributed by atoms with van der Waals surface area (Å²) < 4.78 is 0. The molecular formula is C22H13N5. The lowest BCUT2D eigenvalue weighted by atomic mass is 10.00. The number of nitrogens with zero attached hydrogens (tertiary/aromatic N) is 4. The van der Waals surface area contributed by atoms with E-state index in [1.807, 2.05) is 42.7 Å². The van der Waals surface area contributed by atoms with Crippen LogP contribution in [-0.4, -0.2) is 20.2 Å². The van der Waals surface area contributed by atoms with E-state index in [1.165, 1.54) is 0 Å². The Labute approximate surface area is 155 Å². The van der Waals surface area contributed by atoms with Crippen LogP contribution in [0.1, 0.15) is 5.56 Å². The Bertz CT molecular complexity index is 1310. The molecule has 126 valence electrons. The van der Waals surface area contributed by atoms with Crippen LogP contribution < -0.4 is 0 Å². The highest BCUT2D eigenvalue weighted by molar-refractivity contribution is 6.11. The highest BCUT2D eigenvalue weighted by Crippen LogP contribution is 2.33. The van der Waals surface area contributed by atoms with Gasteiger partial charge in [-0.1, -0.05) is 24.3 Å². The lowest BCUT2D eigenvalue weighted by Crippen LogP contribution is -1.85. The van der Waals surface area contributed by atoms with Gasteiger partial charge < -0.3 is 0 Å². The number of rotatable bonds is 2. The summed E-state index contributed by atoms with van der Waals surface area (Å²) in [7, 11) is 0. The van der Waals surface area contributed by atoms with Crippen LogP contribution >= 0.6 is 0 Å². The number of nitrogens with one attached hydrogen (secondary N) is 1. The van der Waals surface area contributed by atoms with Gasteiger partial charge in [0, 0.05) is 34.3 Å². The summed E-state index contributed by atoms with van der Waals surface area (Å²) in [6.45, 7) is 0. The fourth-order valence-electron chi connectivity index (χ4n) is 3.33. The molecule has 0 amide bonds. The summed E-state index contributed by atoms with van der Waals surface area (Å²) in [6.07, 6.45) is 5.43. The van der Waals surface area contributed by atoms with E-state index in [0.717, 1.165) is 44.2 Å². The maximum Gasteiger partial charge on any atom is 0.101 e. The zero-order valence-corrected chi connectivity index (χ0v) is 14.2. The minimum atomic E-state index is 0.629. The minimum Gasteiger partial charge on any atom is -0.276 e. The van der Waals surface area contributed by atoms with Crippen molar-refractivity contribution < 1.29 is 0 Å². The monoisotopic (exact) mass is 347 g/mol. The summed E-state index contributed by atoms with van der Waals surface area (Å²) >= 11 is 0. The molecule has 0 unspecified atom stereocenters. The molecule has 0 fully saturated rings. The van der Waals surface area contributed by atoms with Crippen molar-refractivity contribution in [2.45, 2.75) is 0 Å². The molecule has 5 heteroatoms. The molecule has 0 saturated heterocycles. The van der Waals surface area contributed by atoms with Crippen LogP contribution in [0.3, 0.4) is 0 Å². The first-order chi connectivity index (χ1) is 13.3. The number of H-pyrrole nitrogens is 1. The minimum absolute atomic E-state index is 0.629. The number of aromatic nitrogens is 4. The van der Waals surface area contributed by atoms with Crippen LogP contribution in [-0.2, 0) is 0 Å². The van der Waals surface area contributed by atoms with E-state index in [-0.39, 0.29) is 0 Å². The topological polar surface area (TPSA) is 78.2 Å². The molecule has 1 N–H and O–H groups in total. The quantitative estimate of drug-likeness (QED) is 0.501. The van der Waals surface area contributed by atoms with E-state index in [9.17, 15) is 0 Å². The normalized spacial score (nSPS) is 10.9. The van der Waals surface area contributed by atoms with Gasteiger partial charge in [-0.05, 0) is 35.9 Å². The van der Waals surface area contributed by atoms with Crippen LogP contribution in [0.2, 0.25) is 0 Å². The average molecular weight is 347 g/mol. The molecular weight excluding hydrogens is 334 g/mol. The summed E-state index contributed by atoms with van der Waals surface area (Å²) in [6, 6.07) is 19.8. The molecule has 2 aromatic carbocycles. The molecule has 3 aromatic heterocycles. The molecule has 5 nitrogen and oxygen atoms in total. The van der Waals surface area contributed by atoms with E-state index in [0.29, 0.717) is 5.56 Å². The number of hydrogen-bond donors (Lipinski definition) is 1. The number of fused-ring (bicyclic) bond motifs is 3. The highest BCUT2D eigenvalue weighted by atomic mass is 15.1. The molecule has 0 aliphatic heterocycles. The second kappa shape index (κ2) is 6.04. The Morgan fingerprint density at radius 2 is 1.74 bits per heavy atom. The molecule has 0 saturated carbocycles. The van der Waals surface area contributed by atoms with Crippen LogP contribution in [0, 0.1) is 11.3 Å². The Balaban J connectivity index is 1.78. The third-order valence-corrected chi connectivity index (χ3v) is 4.68. The van der Waals surface area contributed by atoms with Crippen LogP contribution in [0.15, 0.2) is 73.2 Å². The van der Waals surface area contributed by atoms with Crippen LogP contribution in [0.5, 0.6) is 0 Å². The molecule has 0 atom stereocenters. The molecule has 3 heterocycles. The van der Waals surface area contributed by atoms with Gasteiger partial charge in [0.1, 0.15) is 5.69 Å². The summed E-state index contributed by atoms with van der Waals surface area (Å²) in [5.74, 6) is 0. The first kappa shape index (κ1) is 15.2. The molecule has 27 heavy (non-hydrogen) atoms. The van der Waals surface area contributed by atoms with Crippen molar-refractivity contribution in [3.63, 3.8) is 0 Å². The fourth-order valence-corrected chi connectivity index (χ4v) is 3.33.